The summed E-state index contributed by atoms with van der Waals surface area (Å²) in [6, 6.07) is 3.77. The molecule has 22 heavy (non-hydrogen) atoms. The fourth-order valence-corrected chi connectivity index (χ4v) is 3.50. The number of anilines is 1. The molecule has 1 atom stereocenters. The van der Waals surface area contributed by atoms with Crippen LogP contribution in [0, 0.1) is 0 Å². The maximum Gasteiger partial charge on any atom is 0.226 e. The van der Waals surface area contributed by atoms with Crippen LogP contribution < -0.4 is 20.1 Å². The van der Waals surface area contributed by atoms with E-state index in [0.717, 1.165) is 22.5 Å². The van der Waals surface area contributed by atoms with Crippen molar-refractivity contribution in [3.63, 3.8) is 0 Å². The summed E-state index contributed by atoms with van der Waals surface area (Å²) >= 11 is 5.31. The molecule has 2 N–H and O–H groups in total. The summed E-state index contributed by atoms with van der Waals surface area (Å²) in [5.74, 6) is 3.28. The van der Waals surface area contributed by atoms with E-state index < -0.39 is 0 Å². The Morgan fingerprint density at radius 3 is 2.68 bits per heavy atom. The standard InChI is InChI=1S/C14H19BrN2O3S.ClH/c1-19-12-6-10(15)11(7-13(12)20-2)17-14(18)5-9-8-21-4-3-16-9;/h6-7,9,16H,3-5,8H2,1-2H3,(H,17,18);1H. The molecule has 0 spiro atoms. The van der Waals surface area contributed by atoms with Crippen LogP contribution in [0.2, 0.25) is 0 Å². The lowest BCUT2D eigenvalue weighted by molar-refractivity contribution is -0.116. The lowest BCUT2D eigenvalue weighted by Gasteiger charge is -2.22. The molecular formula is C14H20BrClN2O3S. The Bertz CT molecular complexity index is 513. The molecule has 1 aliphatic heterocycles. The Morgan fingerprint density at radius 2 is 2.09 bits per heavy atom. The van der Waals surface area contributed by atoms with Gasteiger partial charge in [0.2, 0.25) is 5.91 Å². The molecule has 1 amide bonds. The van der Waals surface area contributed by atoms with Crippen LogP contribution in [-0.2, 0) is 4.79 Å². The van der Waals surface area contributed by atoms with Crippen molar-refractivity contribution >= 4 is 51.7 Å². The van der Waals surface area contributed by atoms with E-state index in [4.69, 9.17) is 9.47 Å². The van der Waals surface area contributed by atoms with E-state index in [-0.39, 0.29) is 24.4 Å². The van der Waals surface area contributed by atoms with Gasteiger partial charge in [-0.25, -0.2) is 0 Å². The van der Waals surface area contributed by atoms with E-state index in [0.29, 0.717) is 23.6 Å². The van der Waals surface area contributed by atoms with Gasteiger partial charge in [-0.2, -0.15) is 11.8 Å². The predicted molar refractivity (Wildman–Crippen MR) is 96.9 cm³/mol. The molecular weight excluding hydrogens is 392 g/mol. The Hall–Kier alpha value is -0.630. The fourth-order valence-electron chi connectivity index (χ4n) is 2.13. The number of amides is 1. The highest BCUT2D eigenvalue weighted by atomic mass is 79.9. The molecule has 1 saturated heterocycles. The van der Waals surface area contributed by atoms with Gasteiger partial charge in [0.15, 0.2) is 11.5 Å². The summed E-state index contributed by atoms with van der Waals surface area (Å²) in [4.78, 5) is 12.1. The van der Waals surface area contributed by atoms with E-state index in [1.54, 1.807) is 26.4 Å². The zero-order chi connectivity index (χ0) is 15.2. The van der Waals surface area contributed by atoms with Crippen molar-refractivity contribution in [3.8, 4) is 11.5 Å². The van der Waals surface area contributed by atoms with Crippen LogP contribution in [0.5, 0.6) is 11.5 Å². The van der Waals surface area contributed by atoms with Gasteiger partial charge in [0.1, 0.15) is 0 Å². The number of halogens is 2. The predicted octanol–water partition coefficient (Wildman–Crippen LogP) is 2.92. The average molecular weight is 412 g/mol. The van der Waals surface area contributed by atoms with E-state index in [2.05, 4.69) is 26.6 Å². The molecule has 0 saturated carbocycles. The Kier molecular flexibility index (Phi) is 8.38. The molecule has 1 aliphatic rings. The summed E-state index contributed by atoms with van der Waals surface area (Å²) < 4.78 is 11.2. The molecule has 1 heterocycles. The third-order valence-electron chi connectivity index (χ3n) is 3.18. The van der Waals surface area contributed by atoms with Gasteiger partial charge in [-0.05, 0) is 15.9 Å². The molecule has 8 heteroatoms. The molecule has 0 radical (unpaired) electrons. The van der Waals surface area contributed by atoms with Gasteiger partial charge in [-0.15, -0.1) is 12.4 Å². The maximum absolute atomic E-state index is 12.1. The number of thioether (sulfide) groups is 1. The molecule has 0 aromatic heterocycles. The van der Waals surface area contributed by atoms with E-state index in [9.17, 15) is 4.79 Å². The number of carbonyl (C=O) groups excluding carboxylic acids is 1. The minimum absolute atomic E-state index is 0. The SMILES string of the molecule is COc1cc(Br)c(NC(=O)CC2CSCCN2)cc1OC.Cl. The van der Waals surface area contributed by atoms with Crippen LogP contribution in [0.1, 0.15) is 6.42 Å². The van der Waals surface area contributed by atoms with Crippen LogP contribution in [0.15, 0.2) is 16.6 Å². The van der Waals surface area contributed by atoms with Crippen LogP contribution in [0.4, 0.5) is 5.69 Å². The maximum atomic E-state index is 12.1. The van der Waals surface area contributed by atoms with Crippen LogP contribution in [-0.4, -0.2) is 44.2 Å². The number of hydrogen-bond acceptors (Lipinski definition) is 5. The highest BCUT2D eigenvalue weighted by Crippen LogP contribution is 2.36. The average Bonchev–Trinajstić information content (AvgIpc) is 2.49. The normalized spacial score (nSPS) is 17.3. The van der Waals surface area contributed by atoms with E-state index in [1.807, 2.05) is 11.8 Å². The summed E-state index contributed by atoms with van der Waals surface area (Å²) in [5, 5.41) is 6.27. The number of hydrogen-bond donors (Lipinski definition) is 2. The molecule has 1 fully saturated rings. The number of ether oxygens (including phenoxy) is 2. The van der Waals surface area contributed by atoms with Crippen molar-refractivity contribution in [1.29, 1.82) is 0 Å². The second-order valence-corrected chi connectivity index (χ2v) is 6.67. The number of rotatable bonds is 5. The quantitative estimate of drug-likeness (QED) is 0.780. The zero-order valence-electron chi connectivity index (χ0n) is 12.5. The van der Waals surface area contributed by atoms with Crippen molar-refractivity contribution < 1.29 is 14.3 Å². The molecule has 1 unspecified atom stereocenters. The molecule has 1 aromatic rings. The molecule has 2 rings (SSSR count). The lowest BCUT2D eigenvalue weighted by atomic mass is 10.2. The van der Waals surface area contributed by atoms with Crippen molar-refractivity contribution in [2.45, 2.75) is 12.5 Å². The highest BCUT2D eigenvalue weighted by Gasteiger charge is 2.18. The van der Waals surface area contributed by atoms with Gasteiger partial charge in [-0.3, -0.25) is 4.79 Å². The topological polar surface area (TPSA) is 59.6 Å². The Morgan fingerprint density at radius 1 is 1.41 bits per heavy atom. The molecule has 124 valence electrons. The van der Waals surface area contributed by atoms with Gasteiger partial charge in [0.05, 0.1) is 19.9 Å². The highest BCUT2D eigenvalue weighted by molar-refractivity contribution is 9.10. The summed E-state index contributed by atoms with van der Waals surface area (Å²) in [5.41, 5.74) is 0.682. The number of nitrogens with one attached hydrogen (secondary N) is 2. The van der Waals surface area contributed by atoms with Crippen molar-refractivity contribution in [2.75, 3.05) is 37.6 Å². The van der Waals surface area contributed by atoms with Gasteiger partial charge >= 0.3 is 0 Å². The first-order chi connectivity index (χ1) is 10.1. The minimum Gasteiger partial charge on any atom is -0.493 e. The second kappa shape index (κ2) is 9.50. The smallest absolute Gasteiger partial charge is 0.226 e. The van der Waals surface area contributed by atoms with Gasteiger partial charge in [-0.1, -0.05) is 0 Å². The Balaban J connectivity index is 0.00000242. The molecule has 0 aliphatic carbocycles. The van der Waals surface area contributed by atoms with Crippen LogP contribution in [0.25, 0.3) is 0 Å². The summed E-state index contributed by atoms with van der Waals surface area (Å²) in [6.45, 7) is 0.961. The minimum atomic E-state index is -0.0112. The third kappa shape index (κ3) is 5.22. The first-order valence-corrected chi connectivity index (χ1v) is 8.61. The second-order valence-electron chi connectivity index (χ2n) is 4.67. The Labute approximate surface area is 149 Å². The van der Waals surface area contributed by atoms with Crippen molar-refractivity contribution in [3.05, 3.63) is 16.6 Å². The van der Waals surface area contributed by atoms with Gasteiger partial charge < -0.3 is 20.1 Å². The lowest BCUT2D eigenvalue weighted by Crippen LogP contribution is -2.39. The largest absolute Gasteiger partial charge is 0.493 e. The monoisotopic (exact) mass is 410 g/mol. The third-order valence-corrected chi connectivity index (χ3v) is 4.96. The van der Waals surface area contributed by atoms with Crippen molar-refractivity contribution in [1.82, 2.24) is 5.32 Å². The fraction of sp³-hybridized carbons (Fsp3) is 0.500. The number of benzene rings is 1. The van der Waals surface area contributed by atoms with E-state index in [1.165, 1.54) is 0 Å². The first-order valence-electron chi connectivity index (χ1n) is 6.66. The zero-order valence-corrected chi connectivity index (χ0v) is 15.7. The van der Waals surface area contributed by atoms with Crippen LogP contribution in [0.3, 0.4) is 0 Å². The van der Waals surface area contributed by atoms with Gasteiger partial charge in [0.25, 0.3) is 0 Å². The molecule has 5 nitrogen and oxygen atoms in total. The van der Waals surface area contributed by atoms with Gasteiger partial charge in [0, 0.05) is 47.1 Å². The molecule has 1 aromatic carbocycles. The van der Waals surface area contributed by atoms with E-state index >= 15 is 0 Å². The number of carbonyl (C=O) groups is 1. The van der Waals surface area contributed by atoms with Crippen molar-refractivity contribution in [2.24, 2.45) is 0 Å². The van der Waals surface area contributed by atoms with Crippen LogP contribution >= 0.6 is 40.1 Å². The summed E-state index contributed by atoms with van der Waals surface area (Å²) in [7, 11) is 3.15. The first kappa shape index (κ1) is 19.4. The molecule has 0 bridgehead atoms. The summed E-state index contributed by atoms with van der Waals surface area (Å²) in [6.07, 6.45) is 0.466. The number of methoxy groups -OCH3 is 2.